The molecule has 0 aliphatic heterocycles. The highest BCUT2D eigenvalue weighted by molar-refractivity contribution is 5.48. The Bertz CT molecular complexity index is 679. The molecule has 0 saturated carbocycles. The average Bonchev–Trinajstić information content (AvgIpc) is 2.70. The lowest BCUT2D eigenvalue weighted by Gasteiger charge is -2.21. The minimum absolute atomic E-state index is 0.0658. The minimum atomic E-state index is -4.52. The van der Waals surface area contributed by atoms with Crippen molar-refractivity contribution in [1.29, 1.82) is 0 Å². The van der Waals surface area contributed by atoms with Crippen molar-refractivity contribution in [2.75, 3.05) is 19.8 Å². The maximum atomic E-state index is 11.8. The first-order chi connectivity index (χ1) is 11.9. The summed E-state index contributed by atoms with van der Waals surface area (Å²) in [6, 6.07) is 8.28. The Morgan fingerprint density at radius 3 is 2.44 bits per heavy atom. The monoisotopic (exact) mass is 354 g/mol. The van der Waals surface area contributed by atoms with Crippen LogP contribution in [0.2, 0.25) is 0 Å². The van der Waals surface area contributed by atoms with Crippen molar-refractivity contribution in [3.8, 4) is 0 Å². The Kier molecular flexibility index (Phi) is 7.26. The SMILES string of the molecule is CC1(CCOCCCCCOC(F)(F)F)C=CC=c2ccccc2=C1. The number of allylic oxidation sites excluding steroid dienone is 2. The van der Waals surface area contributed by atoms with E-state index in [9.17, 15) is 13.2 Å². The van der Waals surface area contributed by atoms with Gasteiger partial charge in [0.1, 0.15) is 0 Å². The fraction of sp³-hybridized carbons (Fsp3) is 0.500. The summed E-state index contributed by atoms with van der Waals surface area (Å²) in [5.41, 5.74) is -0.0658. The van der Waals surface area contributed by atoms with Crippen LogP contribution in [0.3, 0.4) is 0 Å². The van der Waals surface area contributed by atoms with Crippen LogP contribution in [0.25, 0.3) is 12.2 Å². The van der Waals surface area contributed by atoms with Gasteiger partial charge in [0.05, 0.1) is 6.61 Å². The smallest absolute Gasteiger partial charge is 0.381 e. The van der Waals surface area contributed by atoms with Gasteiger partial charge >= 0.3 is 6.36 Å². The number of alkyl halides is 3. The first-order valence-electron chi connectivity index (χ1n) is 8.64. The van der Waals surface area contributed by atoms with Crippen LogP contribution in [0, 0.1) is 5.41 Å². The van der Waals surface area contributed by atoms with Crippen molar-refractivity contribution in [3.05, 3.63) is 46.9 Å². The number of hydrogen-bond acceptors (Lipinski definition) is 2. The Hall–Kier alpha value is -1.59. The molecule has 2 rings (SSSR count). The normalized spacial score (nSPS) is 19.7. The highest BCUT2D eigenvalue weighted by Gasteiger charge is 2.28. The van der Waals surface area contributed by atoms with Crippen LogP contribution in [-0.2, 0) is 9.47 Å². The largest absolute Gasteiger partial charge is 0.522 e. The van der Waals surface area contributed by atoms with Crippen LogP contribution in [0.15, 0.2) is 36.4 Å². The quantitative estimate of drug-likeness (QED) is 0.626. The number of ether oxygens (including phenoxy) is 2. The highest BCUT2D eigenvalue weighted by atomic mass is 19.4. The predicted molar refractivity (Wildman–Crippen MR) is 93.2 cm³/mol. The topological polar surface area (TPSA) is 18.5 Å². The van der Waals surface area contributed by atoms with Gasteiger partial charge in [-0.15, -0.1) is 13.2 Å². The van der Waals surface area contributed by atoms with Crippen LogP contribution in [0.4, 0.5) is 13.2 Å². The minimum Gasteiger partial charge on any atom is -0.381 e. The summed E-state index contributed by atoms with van der Waals surface area (Å²) in [6.07, 6.45) is 6.79. The highest BCUT2D eigenvalue weighted by Crippen LogP contribution is 2.26. The van der Waals surface area contributed by atoms with E-state index in [0.29, 0.717) is 26.1 Å². The molecule has 0 bridgehead atoms. The van der Waals surface area contributed by atoms with E-state index in [1.807, 2.05) is 12.1 Å². The zero-order valence-corrected chi connectivity index (χ0v) is 14.5. The van der Waals surface area contributed by atoms with Crippen molar-refractivity contribution in [2.24, 2.45) is 5.41 Å². The maximum Gasteiger partial charge on any atom is 0.522 e. The van der Waals surface area contributed by atoms with Gasteiger partial charge in [-0.2, -0.15) is 0 Å². The van der Waals surface area contributed by atoms with E-state index in [2.05, 4.69) is 48.1 Å². The number of hydrogen-bond donors (Lipinski definition) is 0. The summed E-state index contributed by atoms with van der Waals surface area (Å²) in [4.78, 5) is 0. The summed E-state index contributed by atoms with van der Waals surface area (Å²) in [5.74, 6) is 0. The third-order valence-electron chi connectivity index (χ3n) is 4.22. The molecule has 1 aliphatic rings. The second-order valence-electron chi connectivity index (χ2n) is 6.52. The number of rotatable bonds is 9. The van der Waals surface area contributed by atoms with Gasteiger partial charge in [0, 0.05) is 18.6 Å². The van der Waals surface area contributed by atoms with E-state index in [1.165, 1.54) is 10.4 Å². The van der Waals surface area contributed by atoms with Gasteiger partial charge in [-0.1, -0.05) is 55.5 Å². The van der Waals surface area contributed by atoms with Crippen molar-refractivity contribution in [2.45, 2.75) is 39.0 Å². The molecule has 1 aromatic rings. The van der Waals surface area contributed by atoms with Crippen LogP contribution in [0.5, 0.6) is 0 Å². The van der Waals surface area contributed by atoms with E-state index >= 15 is 0 Å². The van der Waals surface area contributed by atoms with Crippen molar-refractivity contribution in [3.63, 3.8) is 0 Å². The maximum absolute atomic E-state index is 11.8. The molecule has 0 N–H and O–H groups in total. The second-order valence-corrected chi connectivity index (χ2v) is 6.52. The molecule has 0 amide bonds. The van der Waals surface area contributed by atoms with Gasteiger partial charge in [-0.05, 0) is 36.1 Å². The fourth-order valence-electron chi connectivity index (χ4n) is 2.79. The van der Waals surface area contributed by atoms with Gasteiger partial charge in [0.2, 0.25) is 0 Å². The summed E-state index contributed by atoms with van der Waals surface area (Å²) in [5, 5.41) is 2.43. The van der Waals surface area contributed by atoms with E-state index < -0.39 is 6.36 Å². The van der Waals surface area contributed by atoms with Gasteiger partial charge in [0.15, 0.2) is 0 Å². The molecule has 1 aromatic carbocycles. The average molecular weight is 354 g/mol. The standard InChI is InChI=1S/C20H25F3O2/c1-19(11-7-10-17-8-3-4-9-18(17)16-19)12-15-24-13-5-2-6-14-25-20(21,22)23/h3-4,7-11,16H,2,5-6,12-15H2,1H3. The molecule has 1 unspecified atom stereocenters. The lowest BCUT2D eigenvalue weighted by atomic mass is 9.86. The molecule has 138 valence electrons. The molecule has 5 heteroatoms. The Morgan fingerprint density at radius 1 is 0.960 bits per heavy atom. The molecule has 1 atom stereocenters. The summed E-state index contributed by atoms with van der Waals surface area (Å²) >= 11 is 0. The van der Waals surface area contributed by atoms with Crippen LogP contribution >= 0.6 is 0 Å². The van der Waals surface area contributed by atoms with Gasteiger partial charge in [0.25, 0.3) is 0 Å². The molecule has 0 fully saturated rings. The van der Waals surface area contributed by atoms with Crippen molar-refractivity contribution < 1.29 is 22.6 Å². The summed E-state index contributed by atoms with van der Waals surface area (Å²) < 4.78 is 44.8. The molecule has 2 nitrogen and oxygen atoms in total. The molecule has 1 aliphatic carbocycles. The summed E-state index contributed by atoms with van der Waals surface area (Å²) in [6.45, 7) is 3.08. The van der Waals surface area contributed by atoms with Crippen LogP contribution in [-0.4, -0.2) is 26.2 Å². The first kappa shape index (κ1) is 19.7. The van der Waals surface area contributed by atoms with Gasteiger partial charge in [-0.25, -0.2) is 0 Å². The third kappa shape index (κ3) is 7.45. The Balaban J connectivity index is 1.66. The second kappa shape index (κ2) is 9.20. The summed E-state index contributed by atoms with van der Waals surface area (Å²) in [7, 11) is 0. The lowest BCUT2D eigenvalue weighted by molar-refractivity contribution is -0.324. The molecule has 0 heterocycles. The van der Waals surface area contributed by atoms with Gasteiger partial charge in [-0.3, -0.25) is 4.74 Å². The number of halogens is 3. The number of fused-ring (bicyclic) bond motifs is 1. The lowest BCUT2D eigenvalue weighted by Crippen LogP contribution is -2.26. The number of unbranched alkanes of at least 4 members (excludes halogenated alkanes) is 2. The van der Waals surface area contributed by atoms with Crippen molar-refractivity contribution >= 4 is 12.2 Å². The first-order valence-corrected chi connectivity index (χ1v) is 8.64. The predicted octanol–water partition coefficient (Wildman–Crippen LogP) is 3.94. The van der Waals surface area contributed by atoms with Gasteiger partial charge < -0.3 is 4.74 Å². The molecular formula is C20H25F3O2. The van der Waals surface area contributed by atoms with E-state index in [1.54, 1.807) is 0 Å². The fourth-order valence-corrected chi connectivity index (χ4v) is 2.79. The zero-order chi connectivity index (χ0) is 18.2. The van der Waals surface area contributed by atoms with Crippen molar-refractivity contribution in [1.82, 2.24) is 0 Å². The molecule has 25 heavy (non-hydrogen) atoms. The molecule has 0 saturated heterocycles. The third-order valence-corrected chi connectivity index (χ3v) is 4.22. The Morgan fingerprint density at radius 2 is 1.68 bits per heavy atom. The zero-order valence-electron chi connectivity index (χ0n) is 14.5. The molecule has 0 radical (unpaired) electrons. The van der Waals surface area contributed by atoms with E-state index in [-0.39, 0.29) is 12.0 Å². The molecule has 0 spiro atoms. The number of benzene rings is 1. The van der Waals surface area contributed by atoms with E-state index in [4.69, 9.17) is 4.74 Å². The molecular weight excluding hydrogens is 329 g/mol. The van der Waals surface area contributed by atoms with Crippen LogP contribution in [0.1, 0.15) is 32.6 Å². The van der Waals surface area contributed by atoms with Crippen LogP contribution < -0.4 is 10.4 Å². The molecule has 0 aromatic heterocycles. The van der Waals surface area contributed by atoms with E-state index in [0.717, 1.165) is 12.8 Å². The Labute approximate surface area is 146 Å².